The molecule has 1 saturated carbocycles. The fourth-order valence-electron chi connectivity index (χ4n) is 4.44. The SMILES string of the molecule is C[S+]([O-])NCC1CCN(C(=O)C2CC2c2ccccc2-c2c(F)cccc2F)CC1. The van der Waals surface area contributed by atoms with Gasteiger partial charge in [0, 0.05) is 36.9 Å². The molecule has 0 spiro atoms. The zero-order chi connectivity index (χ0) is 21.3. The van der Waals surface area contributed by atoms with Crippen LogP contribution in [-0.4, -0.2) is 41.2 Å². The van der Waals surface area contributed by atoms with Crippen molar-refractivity contribution < 1.29 is 18.1 Å². The number of nitrogens with zero attached hydrogens (tertiary/aromatic N) is 1. The van der Waals surface area contributed by atoms with Gasteiger partial charge in [-0.2, -0.15) is 0 Å². The predicted molar refractivity (Wildman–Crippen MR) is 114 cm³/mol. The third-order valence-electron chi connectivity index (χ3n) is 6.20. The lowest BCUT2D eigenvalue weighted by Crippen LogP contribution is -2.42. The maximum absolute atomic E-state index is 14.4. The monoisotopic (exact) mass is 432 g/mol. The maximum atomic E-state index is 14.4. The molecule has 4 nitrogen and oxygen atoms in total. The minimum atomic E-state index is -1.01. The van der Waals surface area contributed by atoms with E-state index >= 15 is 0 Å². The molecule has 1 amide bonds. The second-order valence-corrected chi connectivity index (χ2v) is 9.40. The number of likely N-dealkylation sites (tertiary alicyclic amines) is 1. The van der Waals surface area contributed by atoms with Gasteiger partial charge in [0.05, 0.1) is 5.56 Å². The quantitative estimate of drug-likeness (QED) is 0.706. The second-order valence-electron chi connectivity index (χ2n) is 8.20. The molecule has 4 rings (SSSR count). The Morgan fingerprint density at radius 3 is 2.47 bits per heavy atom. The number of carbonyl (C=O) groups is 1. The molecule has 0 radical (unpaired) electrons. The molecule has 0 bridgehead atoms. The lowest BCUT2D eigenvalue weighted by Gasteiger charge is -2.32. The Labute approximate surface area is 179 Å². The van der Waals surface area contributed by atoms with Crippen molar-refractivity contribution in [2.24, 2.45) is 11.8 Å². The molecule has 3 unspecified atom stereocenters. The fourth-order valence-corrected chi connectivity index (χ4v) is 4.91. The first kappa shape index (κ1) is 21.3. The number of benzene rings is 2. The molecule has 1 aliphatic heterocycles. The molecule has 2 aromatic carbocycles. The van der Waals surface area contributed by atoms with Gasteiger partial charge < -0.3 is 9.45 Å². The van der Waals surface area contributed by atoms with E-state index in [1.807, 2.05) is 17.0 Å². The van der Waals surface area contributed by atoms with Gasteiger partial charge in [-0.25, -0.2) is 8.78 Å². The van der Waals surface area contributed by atoms with Crippen LogP contribution < -0.4 is 4.72 Å². The lowest BCUT2D eigenvalue weighted by atomic mass is 9.94. The molecule has 1 aliphatic carbocycles. The van der Waals surface area contributed by atoms with Crippen LogP contribution in [0.5, 0.6) is 0 Å². The first-order valence-corrected chi connectivity index (χ1v) is 11.9. The summed E-state index contributed by atoms with van der Waals surface area (Å²) in [5.41, 5.74) is 1.35. The van der Waals surface area contributed by atoms with Crippen LogP contribution in [0.1, 0.15) is 30.7 Å². The summed E-state index contributed by atoms with van der Waals surface area (Å²) in [6.45, 7) is 2.11. The summed E-state index contributed by atoms with van der Waals surface area (Å²) in [4.78, 5) is 14.9. The van der Waals surface area contributed by atoms with Crippen LogP contribution in [-0.2, 0) is 16.2 Å². The van der Waals surface area contributed by atoms with Gasteiger partial charge in [-0.15, -0.1) is 4.72 Å². The van der Waals surface area contributed by atoms with Crippen molar-refractivity contribution in [1.82, 2.24) is 9.62 Å². The lowest BCUT2D eigenvalue weighted by molar-refractivity contribution is -0.134. The summed E-state index contributed by atoms with van der Waals surface area (Å²) < 4.78 is 42.9. The van der Waals surface area contributed by atoms with Crippen molar-refractivity contribution in [1.29, 1.82) is 0 Å². The normalized spacial score (nSPS) is 22.7. The first-order chi connectivity index (χ1) is 14.5. The largest absolute Gasteiger partial charge is 0.598 e. The number of rotatable bonds is 6. The highest BCUT2D eigenvalue weighted by Gasteiger charge is 2.47. The number of nitrogens with one attached hydrogen (secondary N) is 1. The van der Waals surface area contributed by atoms with Crippen molar-refractivity contribution in [2.75, 3.05) is 25.9 Å². The molecule has 3 atom stereocenters. The Kier molecular flexibility index (Phi) is 6.41. The third kappa shape index (κ3) is 4.53. The smallest absolute Gasteiger partial charge is 0.226 e. The van der Waals surface area contributed by atoms with E-state index in [4.69, 9.17) is 0 Å². The maximum Gasteiger partial charge on any atom is 0.226 e. The van der Waals surface area contributed by atoms with Crippen molar-refractivity contribution >= 4 is 17.3 Å². The van der Waals surface area contributed by atoms with Crippen molar-refractivity contribution in [2.45, 2.75) is 25.2 Å². The summed E-state index contributed by atoms with van der Waals surface area (Å²) in [5.74, 6) is -0.746. The molecule has 1 saturated heterocycles. The van der Waals surface area contributed by atoms with E-state index in [0.29, 0.717) is 37.5 Å². The number of amides is 1. The molecular formula is C23H26F2N2O2S. The van der Waals surface area contributed by atoms with E-state index in [1.165, 1.54) is 18.2 Å². The summed E-state index contributed by atoms with van der Waals surface area (Å²) in [7, 11) is 0. The van der Waals surface area contributed by atoms with E-state index in [9.17, 15) is 18.1 Å². The molecule has 7 heteroatoms. The molecule has 160 valence electrons. The molecule has 1 heterocycles. The zero-order valence-electron chi connectivity index (χ0n) is 16.9. The number of carbonyl (C=O) groups excluding carboxylic acids is 1. The Balaban J connectivity index is 1.43. The van der Waals surface area contributed by atoms with Gasteiger partial charge in [0.15, 0.2) is 0 Å². The van der Waals surface area contributed by atoms with Crippen LogP contribution in [0.2, 0.25) is 0 Å². The van der Waals surface area contributed by atoms with Crippen molar-refractivity contribution in [3.8, 4) is 11.1 Å². The van der Waals surface area contributed by atoms with Gasteiger partial charge in [0.25, 0.3) is 0 Å². The Morgan fingerprint density at radius 2 is 1.80 bits per heavy atom. The summed E-state index contributed by atoms with van der Waals surface area (Å²) >= 11 is -1.01. The third-order valence-corrected chi connectivity index (χ3v) is 6.77. The van der Waals surface area contributed by atoms with Gasteiger partial charge in [0.2, 0.25) is 5.91 Å². The number of hydrogen-bond acceptors (Lipinski definition) is 3. The van der Waals surface area contributed by atoms with Crippen LogP contribution in [0.3, 0.4) is 0 Å². The van der Waals surface area contributed by atoms with E-state index in [2.05, 4.69) is 4.72 Å². The Bertz CT molecular complexity index is 896. The van der Waals surface area contributed by atoms with Gasteiger partial charge in [-0.1, -0.05) is 30.3 Å². The van der Waals surface area contributed by atoms with Gasteiger partial charge in [-0.3, -0.25) is 4.79 Å². The van der Waals surface area contributed by atoms with E-state index < -0.39 is 23.0 Å². The minimum Gasteiger partial charge on any atom is -0.598 e. The zero-order valence-corrected chi connectivity index (χ0v) is 17.8. The van der Waals surface area contributed by atoms with E-state index in [1.54, 1.807) is 18.4 Å². The Morgan fingerprint density at radius 1 is 1.13 bits per heavy atom. The van der Waals surface area contributed by atoms with Crippen LogP contribution in [0.4, 0.5) is 8.78 Å². The summed E-state index contributed by atoms with van der Waals surface area (Å²) in [6, 6.07) is 11.1. The number of piperidine rings is 1. The van der Waals surface area contributed by atoms with E-state index in [0.717, 1.165) is 18.4 Å². The molecule has 2 fully saturated rings. The average molecular weight is 433 g/mol. The predicted octanol–water partition coefficient (Wildman–Crippen LogP) is 3.86. The molecule has 1 N–H and O–H groups in total. The molecule has 2 aliphatic rings. The van der Waals surface area contributed by atoms with Crippen LogP contribution in [0.15, 0.2) is 42.5 Å². The Hall–Kier alpha value is -1.96. The van der Waals surface area contributed by atoms with Gasteiger partial charge in [0.1, 0.15) is 17.9 Å². The standard InChI is InChI=1S/C23H26F2N2O2S/c1-30(29)26-14-15-9-11-27(12-10-15)23(28)19-13-18(19)16-5-2-3-6-17(16)22-20(24)7-4-8-21(22)25/h2-8,15,18-19,26H,9-14H2,1H3. The van der Waals surface area contributed by atoms with Gasteiger partial charge >= 0.3 is 0 Å². The van der Waals surface area contributed by atoms with Crippen LogP contribution >= 0.6 is 0 Å². The first-order valence-electron chi connectivity index (χ1n) is 10.3. The number of hydrogen-bond donors (Lipinski definition) is 1. The summed E-state index contributed by atoms with van der Waals surface area (Å²) in [6.07, 6.45) is 4.12. The molecule has 30 heavy (non-hydrogen) atoms. The van der Waals surface area contributed by atoms with Crippen LogP contribution in [0, 0.1) is 23.5 Å². The highest BCUT2D eigenvalue weighted by atomic mass is 32.2. The average Bonchev–Trinajstić information content (AvgIpc) is 3.53. The summed E-state index contributed by atoms with van der Waals surface area (Å²) in [5, 5.41) is 0. The van der Waals surface area contributed by atoms with Crippen molar-refractivity contribution in [3.63, 3.8) is 0 Å². The highest BCUT2D eigenvalue weighted by molar-refractivity contribution is 7.88. The minimum absolute atomic E-state index is 0.00499. The highest BCUT2D eigenvalue weighted by Crippen LogP contribution is 2.51. The number of halogens is 2. The van der Waals surface area contributed by atoms with Crippen LogP contribution in [0.25, 0.3) is 11.1 Å². The van der Waals surface area contributed by atoms with Crippen molar-refractivity contribution in [3.05, 3.63) is 59.7 Å². The van der Waals surface area contributed by atoms with E-state index in [-0.39, 0.29) is 23.3 Å². The molecule has 2 aromatic rings. The molecule has 0 aromatic heterocycles. The van der Waals surface area contributed by atoms with Gasteiger partial charge in [-0.05, 0) is 54.4 Å². The molecular weight excluding hydrogens is 406 g/mol. The fraction of sp³-hybridized carbons (Fsp3) is 0.435. The second kappa shape index (κ2) is 9.04. The topological polar surface area (TPSA) is 55.4 Å².